The average Bonchev–Trinajstić information content (AvgIpc) is 2.81. The second-order valence-electron chi connectivity index (χ2n) is 3.90. The molecular formula is C13H13BrClNOS. The van der Waals surface area contributed by atoms with E-state index in [9.17, 15) is 0 Å². The Balaban J connectivity index is 2.18. The van der Waals surface area contributed by atoms with Crippen LogP contribution >= 0.6 is 38.9 Å². The molecule has 1 aromatic carbocycles. The van der Waals surface area contributed by atoms with E-state index in [1.165, 1.54) is 0 Å². The summed E-state index contributed by atoms with van der Waals surface area (Å²) < 4.78 is 6.25. The minimum absolute atomic E-state index is 0.0985. The van der Waals surface area contributed by atoms with Gasteiger partial charge in [-0.3, -0.25) is 0 Å². The van der Waals surface area contributed by atoms with Crippen LogP contribution in [0.3, 0.4) is 0 Å². The van der Waals surface area contributed by atoms with Crippen LogP contribution in [0.25, 0.3) is 0 Å². The largest absolute Gasteiger partial charge is 0.496 e. The highest BCUT2D eigenvalue weighted by Gasteiger charge is 2.15. The topological polar surface area (TPSA) is 35.2 Å². The zero-order valence-corrected chi connectivity index (χ0v) is 13.0. The summed E-state index contributed by atoms with van der Waals surface area (Å²) in [6.07, 6.45) is 0.697. The van der Waals surface area contributed by atoms with Crippen molar-refractivity contribution in [1.82, 2.24) is 0 Å². The molecule has 1 atom stereocenters. The fraction of sp³-hybridized carbons (Fsp3) is 0.231. The van der Waals surface area contributed by atoms with Crippen molar-refractivity contribution < 1.29 is 4.74 Å². The summed E-state index contributed by atoms with van der Waals surface area (Å²) in [5.74, 6) is 0.848. The van der Waals surface area contributed by atoms with E-state index in [2.05, 4.69) is 15.9 Å². The zero-order valence-electron chi connectivity index (χ0n) is 9.82. The first-order valence-electron chi connectivity index (χ1n) is 5.42. The Hall–Kier alpha value is -0.550. The maximum Gasteiger partial charge on any atom is 0.134 e. The molecule has 2 aromatic rings. The zero-order chi connectivity index (χ0) is 13.1. The third-order valence-electron chi connectivity index (χ3n) is 2.67. The maximum absolute atomic E-state index is 6.21. The molecule has 96 valence electrons. The van der Waals surface area contributed by atoms with Crippen molar-refractivity contribution in [3.8, 4) is 5.75 Å². The van der Waals surface area contributed by atoms with Gasteiger partial charge in [0.2, 0.25) is 0 Å². The molecule has 0 fully saturated rings. The van der Waals surface area contributed by atoms with Crippen LogP contribution in [0.1, 0.15) is 16.5 Å². The van der Waals surface area contributed by atoms with Crippen molar-refractivity contribution in [2.45, 2.75) is 12.5 Å². The number of halogens is 2. The summed E-state index contributed by atoms with van der Waals surface area (Å²) in [4.78, 5) is 1.05. The van der Waals surface area contributed by atoms with E-state index < -0.39 is 0 Å². The molecular weight excluding hydrogens is 334 g/mol. The fourth-order valence-corrected chi connectivity index (χ4v) is 3.38. The number of benzene rings is 1. The Morgan fingerprint density at radius 3 is 2.89 bits per heavy atom. The molecule has 2 nitrogen and oxygen atoms in total. The average molecular weight is 347 g/mol. The number of thiophene rings is 1. The number of hydrogen-bond donors (Lipinski definition) is 1. The molecule has 0 bridgehead atoms. The molecule has 0 amide bonds. The fourth-order valence-electron chi connectivity index (χ4n) is 1.76. The number of methoxy groups -OCH3 is 1. The van der Waals surface area contributed by atoms with E-state index in [4.69, 9.17) is 22.1 Å². The molecule has 0 aliphatic heterocycles. The Labute approximate surface area is 124 Å². The standard InChI is InChI=1S/C13H13BrClNOS/c1-17-12-4-5-18-13(12)11(16)6-8-2-3-9(14)7-10(8)15/h2-5,7,11H,6,16H2,1H3. The molecule has 2 rings (SSSR count). The molecule has 0 saturated carbocycles. The molecule has 5 heteroatoms. The highest BCUT2D eigenvalue weighted by atomic mass is 79.9. The van der Waals surface area contributed by atoms with E-state index in [1.54, 1.807) is 18.4 Å². The Kier molecular flexibility index (Phi) is 4.67. The first kappa shape index (κ1) is 13.9. The van der Waals surface area contributed by atoms with Crippen LogP contribution in [0.5, 0.6) is 5.75 Å². The van der Waals surface area contributed by atoms with Crippen molar-refractivity contribution in [1.29, 1.82) is 0 Å². The van der Waals surface area contributed by atoms with E-state index in [1.807, 2.05) is 29.6 Å². The smallest absolute Gasteiger partial charge is 0.134 e. The van der Waals surface area contributed by atoms with Gasteiger partial charge in [0.05, 0.1) is 12.0 Å². The van der Waals surface area contributed by atoms with E-state index in [-0.39, 0.29) is 6.04 Å². The quantitative estimate of drug-likeness (QED) is 0.889. The number of rotatable bonds is 4. The molecule has 18 heavy (non-hydrogen) atoms. The lowest BCUT2D eigenvalue weighted by atomic mass is 10.1. The van der Waals surface area contributed by atoms with Gasteiger partial charge in [-0.1, -0.05) is 33.6 Å². The molecule has 0 spiro atoms. The van der Waals surface area contributed by atoms with E-state index >= 15 is 0 Å². The molecule has 0 aliphatic carbocycles. The minimum atomic E-state index is -0.0985. The summed E-state index contributed by atoms with van der Waals surface area (Å²) in [7, 11) is 1.66. The SMILES string of the molecule is COc1ccsc1C(N)Cc1ccc(Br)cc1Cl. The van der Waals surface area contributed by atoms with Crippen LogP contribution in [0.2, 0.25) is 5.02 Å². The van der Waals surface area contributed by atoms with E-state index in [0.29, 0.717) is 6.42 Å². The van der Waals surface area contributed by atoms with Gasteiger partial charge < -0.3 is 10.5 Å². The van der Waals surface area contributed by atoms with Gasteiger partial charge in [-0.2, -0.15) is 0 Å². The molecule has 2 N–H and O–H groups in total. The van der Waals surface area contributed by atoms with Crippen molar-refractivity contribution in [2.24, 2.45) is 5.73 Å². The molecule has 1 aromatic heterocycles. The lowest BCUT2D eigenvalue weighted by molar-refractivity contribution is 0.409. The predicted molar refractivity (Wildman–Crippen MR) is 80.7 cm³/mol. The first-order chi connectivity index (χ1) is 8.61. The van der Waals surface area contributed by atoms with Gasteiger partial charge in [0.15, 0.2) is 0 Å². The van der Waals surface area contributed by atoms with Gasteiger partial charge in [-0.15, -0.1) is 11.3 Å². The van der Waals surface area contributed by atoms with Gasteiger partial charge >= 0.3 is 0 Å². The summed E-state index contributed by atoms with van der Waals surface area (Å²) in [6.45, 7) is 0. The normalized spacial score (nSPS) is 12.4. The third kappa shape index (κ3) is 3.06. The van der Waals surface area contributed by atoms with Crippen LogP contribution in [-0.2, 0) is 6.42 Å². The second kappa shape index (κ2) is 6.06. The van der Waals surface area contributed by atoms with E-state index in [0.717, 1.165) is 25.7 Å². The van der Waals surface area contributed by atoms with Crippen molar-refractivity contribution >= 4 is 38.9 Å². The molecule has 0 saturated heterocycles. The first-order valence-corrected chi connectivity index (χ1v) is 7.47. The predicted octanol–water partition coefficient (Wildman–Crippen LogP) is 4.42. The maximum atomic E-state index is 6.21. The van der Waals surface area contributed by atoms with Crippen LogP contribution in [0.15, 0.2) is 34.1 Å². The van der Waals surface area contributed by atoms with Gasteiger partial charge in [0.25, 0.3) is 0 Å². The minimum Gasteiger partial charge on any atom is -0.496 e. The highest BCUT2D eigenvalue weighted by molar-refractivity contribution is 9.10. The van der Waals surface area contributed by atoms with Crippen LogP contribution in [0, 0.1) is 0 Å². The van der Waals surface area contributed by atoms with Gasteiger partial charge in [0, 0.05) is 15.5 Å². The third-order valence-corrected chi connectivity index (χ3v) is 4.54. The molecule has 0 aliphatic rings. The summed E-state index contributed by atoms with van der Waals surface area (Å²) in [6, 6.07) is 7.68. The number of ether oxygens (including phenoxy) is 1. The van der Waals surface area contributed by atoms with Gasteiger partial charge in [-0.25, -0.2) is 0 Å². The Bertz CT molecular complexity index is 544. The number of nitrogens with two attached hydrogens (primary N) is 1. The summed E-state index contributed by atoms with van der Waals surface area (Å²) >= 11 is 11.2. The Morgan fingerprint density at radius 2 is 2.22 bits per heavy atom. The Morgan fingerprint density at radius 1 is 1.44 bits per heavy atom. The molecule has 0 radical (unpaired) electrons. The molecule has 1 heterocycles. The highest BCUT2D eigenvalue weighted by Crippen LogP contribution is 2.33. The van der Waals surface area contributed by atoms with Crippen LogP contribution in [0.4, 0.5) is 0 Å². The summed E-state index contributed by atoms with van der Waals surface area (Å²) in [5, 5.41) is 2.72. The summed E-state index contributed by atoms with van der Waals surface area (Å²) in [5.41, 5.74) is 7.26. The van der Waals surface area contributed by atoms with Crippen LogP contribution in [-0.4, -0.2) is 7.11 Å². The van der Waals surface area contributed by atoms with Gasteiger partial charge in [0.1, 0.15) is 5.75 Å². The van der Waals surface area contributed by atoms with Crippen molar-refractivity contribution in [3.63, 3.8) is 0 Å². The lowest BCUT2D eigenvalue weighted by Gasteiger charge is -2.13. The van der Waals surface area contributed by atoms with Gasteiger partial charge in [-0.05, 0) is 35.6 Å². The van der Waals surface area contributed by atoms with Crippen molar-refractivity contribution in [3.05, 3.63) is 49.6 Å². The number of hydrogen-bond acceptors (Lipinski definition) is 3. The lowest BCUT2D eigenvalue weighted by Crippen LogP contribution is -2.13. The van der Waals surface area contributed by atoms with Crippen LogP contribution < -0.4 is 10.5 Å². The monoisotopic (exact) mass is 345 g/mol. The second-order valence-corrected chi connectivity index (χ2v) is 6.17. The van der Waals surface area contributed by atoms with Crippen molar-refractivity contribution in [2.75, 3.05) is 7.11 Å². The molecule has 1 unspecified atom stereocenters.